The van der Waals surface area contributed by atoms with Crippen molar-refractivity contribution in [1.82, 2.24) is 9.97 Å². The zero-order valence-electron chi connectivity index (χ0n) is 13.8. The molecule has 132 valence electrons. The number of thiazole rings is 1. The number of benzene rings is 1. The largest absolute Gasteiger partial charge is 0.326 e. The number of anilines is 2. The molecule has 6 nitrogen and oxygen atoms in total. The van der Waals surface area contributed by atoms with E-state index in [2.05, 4.69) is 20.6 Å². The van der Waals surface area contributed by atoms with Crippen molar-refractivity contribution in [3.8, 4) is 11.3 Å². The highest BCUT2D eigenvalue weighted by atomic mass is 35.5. The van der Waals surface area contributed by atoms with Crippen LogP contribution in [0.5, 0.6) is 0 Å². The molecule has 2 amide bonds. The van der Waals surface area contributed by atoms with E-state index in [4.69, 9.17) is 11.6 Å². The van der Waals surface area contributed by atoms with E-state index in [0.29, 0.717) is 16.6 Å². The topological polar surface area (TPSA) is 84.0 Å². The van der Waals surface area contributed by atoms with Crippen LogP contribution in [0.1, 0.15) is 23.8 Å². The maximum absolute atomic E-state index is 12.2. The SMILES string of the molecule is CCC(=O)Nc1ccc(-c2csc(NC(=O)c3cc(Cl)ccn3)n2)cc1. The van der Waals surface area contributed by atoms with Gasteiger partial charge in [0, 0.05) is 34.3 Å². The Balaban J connectivity index is 1.69. The first kappa shape index (κ1) is 18.0. The van der Waals surface area contributed by atoms with Gasteiger partial charge in [-0.3, -0.25) is 19.9 Å². The average Bonchev–Trinajstić information content (AvgIpc) is 3.10. The molecule has 3 rings (SSSR count). The fraction of sp³-hybridized carbons (Fsp3) is 0.111. The molecule has 2 N–H and O–H groups in total. The molecule has 0 saturated heterocycles. The minimum absolute atomic E-state index is 0.0361. The van der Waals surface area contributed by atoms with Crippen molar-refractivity contribution in [2.75, 3.05) is 10.6 Å². The number of rotatable bonds is 5. The Morgan fingerprint density at radius 3 is 2.62 bits per heavy atom. The number of aromatic nitrogens is 2. The lowest BCUT2D eigenvalue weighted by molar-refractivity contribution is -0.115. The Morgan fingerprint density at radius 1 is 1.15 bits per heavy atom. The molecule has 0 radical (unpaired) electrons. The summed E-state index contributed by atoms with van der Waals surface area (Å²) in [4.78, 5) is 32.0. The number of hydrogen-bond donors (Lipinski definition) is 2. The van der Waals surface area contributed by atoms with E-state index >= 15 is 0 Å². The van der Waals surface area contributed by atoms with Gasteiger partial charge in [-0.1, -0.05) is 30.7 Å². The van der Waals surface area contributed by atoms with Gasteiger partial charge in [0.2, 0.25) is 5.91 Å². The molecule has 0 aliphatic rings. The zero-order valence-corrected chi connectivity index (χ0v) is 15.4. The molecule has 0 atom stereocenters. The first-order chi connectivity index (χ1) is 12.5. The second kappa shape index (κ2) is 8.07. The smallest absolute Gasteiger partial charge is 0.276 e. The highest BCUT2D eigenvalue weighted by Crippen LogP contribution is 2.26. The third kappa shape index (κ3) is 4.44. The van der Waals surface area contributed by atoms with Crippen molar-refractivity contribution in [1.29, 1.82) is 0 Å². The van der Waals surface area contributed by atoms with Gasteiger partial charge in [-0.2, -0.15) is 0 Å². The Morgan fingerprint density at radius 2 is 1.92 bits per heavy atom. The van der Waals surface area contributed by atoms with Crippen LogP contribution in [0.25, 0.3) is 11.3 Å². The summed E-state index contributed by atoms with van der Waals surface area (Å²) in [6.07, 6.45) is 1.90. The van der Waals surface area contributed by atoms with Crippen LogP contribution in [-0.2, 0) is 4.79 Å². The number of hydrogen-bond acceptors (Lipinski definition) is 5. The number of nitrogens with one attached hydrogen (secondary N) is 2. The van der Waals surface area contributed by atoms with Crippen LogP contribution >= 0.6 is 22.9 Å². The zero-order chi connectivity index (χ0) is 18.5. The van der Waals surface area contributed by atoms with Crippen LogP contribution in [0.3, 0.4) is 0 Å². The van der Waals surface area contributed by atoms with E-state index in [1.54, 1.807) is 13.0 Å². The maximum Gasteiger partial charge on any atom is 0.276 e. The lowest BCUT2D eigenvalue weighted by atomic mass is 10.1. The molecule has 0 saturated carbocycles. The van der Waals surface area contributed by atoms with Crippen molar-refractivity contribution in [2.45, 2.75) is 13.3 Å². The van der Waals surface area contributed by atoms with Crippen molar-refractivity contribution in [2.24, 2.45) is 0 Å². The molecule has 0 bridgehead atoms. The fourth-order valence-electron chi connectivity index (χ4n) is 2.13. The Kier molecular flexibility index (Phi) is 5.60. The monoisotopic (exact) mass is 386 g/mol. The first-order valence-corrected chi connectivity index (χ1v) is 9.09. The first-order valence-electron chi connectivity index (χ1n) is 7.84. The summed E-state index contributed by atoms with van der Waals surface area (Å²) in [5, 5.41) is 8.26. The van der Waals surface area contributed by atoms with E-state index in [0.717, 1.165) is 16.9 Å². The number of carbonyl (C=O) groups excluding carboxylic acids is 2. The van der Waals surface area contributed by atoms with Crippen molar-refractivity contribution in [3.63, 3.8) is 0 Å². The van der Waals surface area contributed by atoms with Gasteiger partial charge >= 0.3 is 0 Å². The third-order valence-corrected chi connectivity index (χ3v) is 4.46. The molecular weight excluding hydrogens is 372 g/mol. The summed E-state index contributed by atoms with van der Waals surface area (Å²) in [7, 11) is 0. The van der Waals surface area contributed by atoms with E-state index in [1.807, 2.05) is 29.6 Å². The highest BCUT2D eigenvalue weighted by molar-refractivity contribution is 7.14. The summed E-state index contributed by atoms with van der Waals surface area (Å²) in [6, 6.07) is 10.5. The van der Waals surface area contributed by atoms with Crippen molar-refractivity contribution in [3.05, 3.63) is 58.7 Å². The van der Waals surface area contributed by atoms with Crippen LogP contribution in [0.2, 0.25) is 5.02 Å². The lowest BCUT2D eigenvalue weighted by Crippen LogP contribution is -2.13. The molecule has 0 spiro atoms. The fourth-order valence-corrected chi connectivity index (χ4v) is 3.00. The number of pyridine rings is 1. The van der Waals surface area contributed by atoms with E-state index in [-0.39, 0.29) is 17.5 Å². The molecule has 8 heteroatoms. The number of halogens is 1. The van der Waals surface area contributed by atoms with Crippen LogP contribution in [-0.4, -0.2) is 21.8 Å². The molecular formula is C18H15ClN4O2S. The lowest BCUT2D eigenvalue weighted by Gasteiger charge is -2.04. The molecule has 26 heavy (non-hydrogen) atoms. The van der Waals surface area contributed by atoms with Crippen LogP contribution in [0, 0.1) is 0 Å². The third-order valence-electron chi connectivity index (χ3n) is 3.46. The second-order valence-electron chi connectivity index (χ2n) is 5.33. The van der Waals surface area contributed by atoms with Gasteiger partial charge in [-0.25, -0.2) is 4.98 Å². The summed E-state index contributed by atoms with van der Waals surface area (Å²) in [5.41, 5.74) is 2.58. The molecule has 3 aromatic rings. The standard InChI is InChI=1S/C18H15ClN4O2S/c1-2-16(24)21-13-5-3-11(4-6-13)15-10-26-18(22-15)23-17(25)14-9-12(19)7-8-20-14/h3-10H,2H2,1H3,(H,21,24)(H,22,23,25). The summed E-state index contributed by atoms with van der Waals surface area (Å²) < 4.78 is 0. The van der Waals surface area contributed by atoms with Crippen LogP contribution in [0.15, 0.2) is 48.0 Å². The van der Waals surface area contributed by atoms with Crippen LogP contribution in [0.4, 0.5) is 10.8 Å². The van der Waals surface area contributed by atoms with Gasteiger partial charge in [-0.05, 0) is 24.3 Å². The summed E-state index contributed by atoms with van der Waals surface area (Å²) in [5.74, 6) is -0.406. The molecule has 1 aromatic carbocycles. The molecule has 2 aromatic heterocycles. The second-order valence-corrected chi connectivity index (χ2v) is 6.62. The highest BCUT2D eigenvalue weighted by Gasteiger charge is 2.11. The molecule has 0 aliphatic heterocycles. The van der Waals surface area contributed by atoms with Crippen molar-refractivity contribution < 1.29 is 9.59 Å². The quantitative estimate of drug-likeness (QED) is 0.678. The van der Waals surface area contributed by atoms with Gasteiger partial charge in [0.1, 0.15) is 5.69 Å². The van der Waals surface area contributed by atoms with Gasteiger partial charge in [0.05, 0.1) is 5.69 Å². The van der Waals surface area contributed by atoms with E-state index in [1.165, 1.54) is 23.6 Å². The van der Waals surface area contributed by atoms with E-state index < -0.39 is 0 Å². The minimum atomic E-state index is -0.369. The average molecular weight is 387 g/mol. The predicted octanol–water partition coefficient (Wildman–Crippen LogP) is 4.46. The van der Waals surface area contributed by atoms with Gasteiger partial charge in [0.25, 0.3) is 5.91 Å². The van der Waals surface area contributed by atoms with Crippen LogP contribution < -0.4 is 10.6 Å². The molecule has 0 unspecified atom stereocenters. The van der Waals surface area contributed by atoms with Gasteiger partial charge < -0.3 is 5.32 Å². The van der Waals surface area contributed by atoms with Gasteiger partial charge in [0.15, 0.2) is 5.13 Å². The minimum Gasteiger partial charge on any atom is -0.326 e. The Hall–Kier alpha value is -2.77. The predicted molar refractivity (Wildman–Crippen MR) is 104 cm³/mol. The number of amides is 2. The summed E-state index contributed by atoms with van der Waals surface area (Å²) in [6.45, 7) is 1.80. The molecule has 0 aliphatic carbocycles. The van der Waals surface area contributed by atoms with Gasteiger partial charge in [-0.15, -0.1) is 11.3 Å². The number of nitrogens with zero attached hydrogens (tertiary/aromatic N) is 2. The maximum atomic E-state index is 12.2. The Bertz CT molecular complexity index is 940. The summed E-state index contributed by atoms with van der Waals surface area (Å²) >= 11 is 7.19. The number of carbonyl (C=O) groups is 2. The van der Waals surface area contributed by atoms with E-state index in [9.17, 15) is 9.59 Å². The normalized spacial score (nSPS) is 10.4. The van der Waals surface area contributed by atoms with Crippen molar-refractivity contribution >= 4 is 45.6 Å². The molecule has 2 heterocycles. The Labute approximate surface area is 159 Å². The molecule has 0 fully saturated rings.